The Morgan fingerprint density at radius 2 is 2.16 bits per heavy atom. The van der Waals surface area contributed by atoms with Gasteiger partial charge in [0, 0.05) is 12.6 Å². The third-order valence-corrected chi connectivity index (χ3v) is 4.42. The van der Waals surface area contributed by atoms with Gasteiger partial charge in [0.1, 0.15) is 0 Å². The summed E-state index contributed by atoms with van der Waals surface area (Å²) in [4.78, 5) is 12.1. The average Bonchev–Trinajstić information content (AvgIpc) is 2.75. The number of anilines is 1. The van der Waals surface area contributed by atoms with Crippen LogP contribution in [0, 0.1) is 5.92 Å². The van der Waals surface area contributed by atoms with E-state index in [1.165, 1.54) is 30.6 Å². The van der Waals surface area contributed by atoms with Crippen LogP contribution in [0.3, 0.4) is 0 Å². The van der Waals surface area contributed by atoms with Crippen molar-refractivity contribution in [1.29, 1.82) is 0 Å². The fourth-order valence-corrected chi connectivity index (χ4v) is 3.13. The highest BCUT2D eigenvalue weighted by atomic mass is 32.1. The van der Waals surface area contributed by atoms with Gasteiger partial charge >= 0.3 is 0 Å². The number of aromatic nitrogens is 2. The molecule has 5 nitrogen and oxygen atoms in total. The summed E-state index contributed by atoms with van der Waals surface area (Å²) in [6.45, 7) is 5.07. The van der Waals surface area contributed by atoms with E-state index in [1.54, 1.807) is 0 Å². The van der Waals surface area contributed by atoms with E-state index in [4.69, 9.17) is 0 Å². The highest BCUT2D eigenvalue weighted by Gasteiger charge is 2.20. The van der Waals surface area contributed by atoms with Gasteiger partial charge in [0.25, 0.3) is 5.91 Å². The molecule has 6 heteroatoms. The molecule has 0 aliphatic heterocycles. The minimum atomic E-state index is -0.0822. The number of carbonyl (C=O) groups is 1. The molecule has 0 radical (unpaired) electrons. The van der Waals surface area contributed by atoms with Crippen LogP contribution in [0.25, 0.3) is 0 Å². The van der Waals surface area contributed by atoms with Gasteiger partial charge < -0.3 is 10.6 Å². The van der Waals surface area contributed by atoms with Crippen LogP contribution in [0.1, 0.15) is 55.8 Å². The second-order valence-corrected chi connectivity index (χ2v) is 6.20. The normalized spacial score (nSPS) is 23.7. The molecular weight excluding hydrogens is 260 g/mol. The zero-order valence-electron chi connectivity index (χ0n) is 11.6. The Morgan fingerprint density at radius 1 is 1.32 bits per heavy atom. The van der Waals surface area contributed by atoms with Crippen LogP contribution in [0.5, 0.6) is 0 Å². The molecule has 0 saturated heterocycles. The Bertz CT molecular complexity index is 421. The van der Waals surface area contributed by atoms with E-state index in [0.717, 1.165) is 25.3 Å². The maximum absolute atomic E-state index is 12.1. The number of hydrogen-bond donors (Lipinski definition) is 2. The molecular formula is C13H22N4OS. The second-order valence-electron chi connectivity index (χ2n) is 5.23. The van der Waals surface area contributed by atoms with Crippen molar-refractivity contribution >= 4 is 22.4 Å². The molecule has 0 bridgehead atoms. The third kappa shape index (κ3) is 4.16. The van der Waals surface area contributed by atoms with Crippen LogP contribution < -0.4 is 10.6 Å². The van der Waals surface area contributed by atoms with E-state index < -0.39 is 0 Å². The molecule has 1 saturated carbocycles. The van der Waals surface area contributed by atoms with Crippen LogP contribution in [-0.2, 0) is 0 Å². The summed E-state index contributed by atoms with van der Waals surface area (Å²) in [5.74, 6) is 0.699. The van der Waals surface area contributed by atoms with Crippen molar-refractivity contribution in [3.05, 3.63) is 5.01 Å². The summed E-state index contributed by atoms with van der Waals surface area (Å²) in [6, 6.07) is 0.295. The van der Waals surface area contributed by atoms with Crippen LogP contribution in [0.2, 0.25) is 0 Å². The lowest BCUT2D eigenvalue weighted by Gasteiger charge is -2.15. The van der Waals surface area contributed by atoms with E-state index >= 15 is 0 Å². The number of hydrogen-bond acceptors (Lipinski definition) is 5. The van der Waals surface area contributed by atoms with E-state index in [0.29, 0.717) is 16.2 Å². The smallest absolute Gasteiger partial charge is 0.282 e. The number of nitrogens with one attached hydrogen (secondary N) is 2. The Kier molecular flexibility index (Phi) is 5.13. The maximum atomic E-state index is 12.1. The van der Waals surface area contributed by atoms with E-state index in [2.05, 4.69) is 27.8 Å². The lowest BCUT2D eigenvalue weighted by Crippen LogP contribution is -2.34. The molecule has 1 aromatic rings. The summed E-state index contributed by atoms with van der Waals surface area (Å²) in [5.41, 5.74) is 0. The first-order valence-electron chi connectivity index (χ1n) is 7.07. The lowest BCUT2D eigenvalue weighted by molar-refractivity contribution is 0.0932. The van der Waals surface area contributed by atoms with Crippen LogP contribution in [-0.4, -0.2) is 28.7 Å². The molecule has 2 N–H and O–H groups in total. The Hall–Kier alpha value is -1.17. The summed E-state index contributed by atoms with van der Waals surface area (Å²) in [5, 5.41) is 15.2. The van der Waals surface area contributed by atoms with Gasteiger partial charge in [0.15, 0.2) is 0 Å². The van der Waals surface area contributed by atoms with E-state index in [-0.39, 0.29) is 5.91 Å². The van der Waals surface area contributed by atoms with Gasteiger partial charge in [0.2, 0.25) is 10.1 Å². The Labute approximate surface area is 118 Å². The first-order chi connectivity index (χ1) is 9.19. The number of nitrogens with zero attached hydrogens (tertiary/aromatic N) is 2. The Morgan fingerprint density at radius 3 is 2.95 bits per heavy atom. The SMILES string of the molecule is CCNc1nnc(C(=O)NC2CCCC(C)CC2)s1. The van der Waals surface area contributed by atoms with E-state index in [9.17, 15) is 4.79 Å². The maximum Gasteiger partial charge on any atom is 0.282 e. The molecule has 0 aromatic carbocycles. The predicted octanol–water partition coefficient (Wildman–Crippen LogP) is 2.67. The molecule has 2 rings (SSSR count). The number of carbonyl (C=O) groups excluding carboxylic acids is 1. The van der Waals surface area contributed by atoms with Crippen LogP contribution >= 0.6 is 11.3 Å². The van der Waals surface area contributed by atoms with Crippen molar-refractivity contribution in [3.8, 4) is 0 Å². The summed E-state index contributed by atoms with van der Waals surface area (Å²) in [7, 11) is 0. The molecule has 2 atom stereocenters. The summed E-state index contributed by atoms with van der Waals surface area (Å²) in [6.07, 6.45) is 5.82. The molecule has 0 spiro atoms. The molecule has 1 heterocycles. The fourth-order valence-electron chi connectivity index (χ4n) is 2.42. The average molecular weight is 282 g/mol. The van der Waals surface area contributed by atoms with Crippen molar-refractivity contribution in [3.63, 3.8) is 0 Å². The molecule has 1 aliphatic carbocycles. The Balaban J connectivity index is 1.88. The van der Waals surface area contributed by atoms with Crippen molar-refractivity contribution in [2.45, 2.75) is 52.0 Å². The van der Waals surface area contributed by atoms with Gasteiger partial charge in [0.05, 0.1) is 0 Å². The van der Waals surface area contributed by atoms with Crippen LogP contribution in [0.4, 0.5) is 5.13 Å². The topological polar surface area (TPSA) is 66.9 Å². The minimum absolute atomic E-state index is 0.0822. The largest absolute Gasteiger partial charge is 0.360 e. The number of amides is 1. The first kappa shape index (κ1) is 14.2. The highest BCUT2D eigenvalue weighted by Crippen LogP contribution is 2.23. The molecule has 19 heavy (non-hydrogen) atoms. The van der Waals surface area contributed by atoms with Crippen molar-refractivity contribution < 1.29 is 4.79 Å². The third-order valence-electron chi connectivity index (χ3n) is 3.54. The first-order valence-corrected chi connectivity index (χ1v) is 7.89. The summed E-state index contributed by atoms with van der Waals surface area (Å²) < 4.78 is 0. The predicted molar refractivity (Wildman–Crippen MR) is 77.6 cm³/mol. The highest BCUT2D eigenvalue weighted by molar-refractivity contribution is 7.17. The van der Waals surface area contributed by atoms with E-state index in [1.807, 2.05) is 6.92 Å². The van der Waals surface area contributed by atoms with Crippen LogP contribution in [0.15, 0.2) is 0 Å². The molecule has 106 valence electrons. The standard InChI is InChI=1S/C13H22N4OS/c1-3-14-13-17-16-12(19-13)11(18)15-10-6-4-5-9(2)7-8-10/h9-10H,3-8H2,1-2H3,(H,14,17)(H,15,18). The quantitative estimate of drug-likeness (QED) is 0.833. The fraction of sp³-hybridized carbons (Fsp3) is 0.769. The molecule has 1 fully saturated rings. The van der Waals surface area contributed by atoms with Gasteiger partial charge in [-0.1, -0.05) is 31.1 Å². The van der Waals surface area contributed by atoms with Crippen molar-refractivity contribution in [2.24, 2.45) is 5.92 Å². The van der Waals surface area contributed by atoms with Crippen molar-refractivity contribution in [1.82, 2.24) is 15.5 Å². The number of rotatable bonds is 4. The van der Waals surface area contributed by atoms with Crippen molar-refractivity contribution in [2.75, 3.05) is 11.9 Å². The molecule has 1 aromatic heterocycles. The molecule has 1 amide bonds. The van der Waals surface area contributed by atoms with Gasteiger partial charge in [-0.25, -0.2) is 0 Å². The summed E-state index contributed by atoms with van der Waals surface area (Å²) >= 11 is 1.31. The zero-order valence-corrected chi connectivity index (χ0v) is 12.4. The second kappa shape index (κ2) is 6.84. The minimum Gasteiger partial charge on any atom is -0.360 e. The van der Waals surface area contributed by atoms with Gasteiger partial charge in [-0.15, -0.1) is 10.2 Å². The lowest BCUT2D eigenvalue weighted by atomic mass is 10.0. The van der Waals surface area contributed by atoms with Gasteiger partial charge in [-0.2, -0.15) is 0 Å². The molecule has 2 unspecified atom stereocenters. The molecule has 1 aliphatic rings. The van der Waals surface area contributed by atoms with Gasteiger partial charge in [-0.05, 0) is 32.1 Å². The van der Waals surface area contributed by atoms with Gasteiger partial charge in [-0.3, -0.25) is 4.79 Å². The monoisotopic (exact) mass is 282 g/mol. The zero-order chi connectivity index (χ0) is 13.7.